The van der Waals surface area contributed by atoms with Gasteiger partial charge >= 0.3 is 0 Å². The first-order valence-corrected chi connectivity index (χ1v) is 4.23. The molecule has 1 rings (SSSR count). The quantitative estimate of drug-likeness (QED) is 0.423. The van der Waals surface area contributed by atoms with Gasteiger partial charge in [-0.25, -0.2) is 0 Å². The summed E-state index contributed by atoms with van der Waals surface area (Å²) in [4.78, 5) is 0. The van der Waals surface area contributed by atoms with Crippen LogP contribution < -0.4 is 11.3 Å². The molecule has 0 fully saturated rings. The van der Waals surface area contributed by atoms with Gasteiger partial charge in [0.1, 0.15) is 5.75 Å². The lowest BCUT2D eigenvalue weighted by atomic mass is 10.2. The topological polar surface area (TPSA) is 58.3 Å². The monoisotopic (exact) mass is 264 g/mol. The van der Waals surface area contributed by atoms with Crippen LogP contribution in [0.2, 0.25) is 0 Å². The van der Waals surface area contributed by atoms with Gasteiger partial charge in [0, 0.05) is 10.1 Å². The van der Waals surface area contributed by atoms with Gasteiger partial charge < -0.3 is 5.11 Å². The fourth-order valence-electron chi connectivity index (χ4n) is 0.807. The second-order valence-corrected chi connectivity index (χ2v) is 3.32. The van der Waals surface area contributed by atoms with Crippen LogP contribution in [0.25, 0.3) is 0 Å². The number of hydrogen-bond donors (Lipinski definition) is 3. The Labute approximate surface area is 78.7 Å². The number of nitrogens with two attached hydrogens (primary N) is 1. The lowest BCUT2D eigenvalue weighted by Gasteiger charge is -2.02. The summed E-state index contributed by atoms with van der Waals surface area (Å²) >= 11 is 2.19. The highest BCUT2D eigenvalue weighted by Gasteiger charge is 1.98. The van der Waals surface area contributed by atoms with Gasteiger partial charge in [-0.3, -0.25) is 11.3 Å². The van der Waals surface area contributed by atoms with Gasteiger partial charge in [-0.1, -0.05) is 0 Å². The summed E-state index contributed by atoms with van der Waals surface area (Å²) in [5, 5.41) is 9.09. The van der Waals surface area contributed by atoms with Crippen molar-refractivity contribution >= 4 is 22.6 Å². The minimum absolute atomic E-state index is 0.274. The Hall–Kier alpha value is -0.330. The largest absolute Gasteiger partial charge is 0.508 e. The molecule has 0 radical (unpaired) electrons. The van der Waals surface area contributed by atoms with Crippen LogP contribution in [0, 0.1) is 3.57 Å². The van der Waals surface area contributed by atoms with Crippen molar-refractivity contribution in [2.24, 2.45) is 5.84 Å². The number of benzene rings is 1. The first kappa shape index (κ1) is 8.76. The first-order valence-electron chi connectivity index (χ1n) is 3.15. The third-order valence-electron chi connectivity index (χ3n) is 1.32. The maximum atomic E-state index is 9.09. The molecule has 0 saturated heterocycles. The number of nitrogens with one attached hydrogen (secondary N) is 1. The highest BCUT2D eigenvalue weighted by Crippen LogP contribution is 2.17. The van der Waals surface area contributed by atoms with Crippen LogP contribution in [0.4, 0.5) is 0 Å². The molecule has 0 saturated carbocycles. The van der Waals surface area contributed by atoms with E-state index in [1.807, 2.05) is 6.07 Å². The van der Waals surface area contributed by atoms with Crippen molar-refractivity contribution in [1.82, 2.24) is 5.43 Å². The van der Waals surface area contributed by atoms with Crippen molar-refractivity contribution in [3.8, 4) is 5.75 Å². The standard InChI is InChI=1S/C7H9IN2O/c8-7-2-1-6(11)3-5(7)4-10-9/h1-3,10-11H,4,9H2. The highest BCUT2D eigenvalue weighted by atomic mass is 127. The Morgan fingerprint density at radius 1 is 1.55 bits per heavy atom. The van der Waals surface area contributed by atoms with Crippen LogP contribution in [0.1, 0.15) is 5.56 Å². The number of rotatable bonds is 2. The maximum absolute atomic E-state index is 9.09. The van der Waals surface area contributed by atoms with Crippen LogP contribution in [-0.2, 0) is 6.54 Å². The van der Waals surface area contributed by atoms with Crippen LogP contribution in [0.5, 0.6) is 5.75 Å². The zero-order valence-electron chi connectivity index (χ0n) is 5.84. The maximum Gasteiger partial charge on any atom is 0.115 e. The lowest BCUT2D eigenvalue weighted by molar-refractivity contribution is 0.474. The molecular weight excluding hydrogens is 255 g/mol. The van der Waals surface area contributed by atoms with E-state index in [2.05, 4.69) is 28.0 Å². The van der Waals surface area contributed by atoms with Gasteiger partial charge in [0.05, 0.1) is 0 Å². The van der Waals surface area contributed by atoms with Crippen LogP contribution in [-0.4, -0.2) is 5.11 Å². The van der Waals surface area contributed by atoms with E-state index in [9.17, 15) is 0 Å². The third kappa shape index (κ3) is 2.32. The van der Waals surface area contributed by atoms with Crippen molar-refractivity contribution < 1.29 is 5.11 Å². The average Bonchev–Trinajstić information content (AvgIpc) is 1.98. The Kier molecular flexibility index (Phi) is 3.10. The zero-order valence-corrected chi connectivity index (χ0v) is 8.00. The summed E-state index contributed by atoms with van der Waals surface area (Å²) in [6.45, 7) is 0.576. The molecule has 4 N–H and O–H groups in total. The molecule has 11 heavy (non-hydrogen) atoms. The Morgan fingerprint density at radius 3 is 2.91 bits per heavy atom. The van der Waals surface area contributed by atoms with E-state index in [1.54, 1.807) is 12.1 Å². The fraction of sp³-hybridized carbons (Fsp3) is 0.143. The second kappa shape index (κ2) is 3.89. The first-order chi connectivity index (χ1) is 5.24. The fourth-order valence-corrected chi connectivity index (χ4v) is 1.33. The van der Waals surface area contributed by atoms with E-state index in [-0.39, 0.29) is 5.75 Å². The van der Waals surface area contributed by atoms with Gasteiger partial charge in [-0.05, 0) is 46.4 Å². The molecule has 1 aromatic carbocycles. The minimum atomic E-state index is 0.274. The molecule has 0 aliphatic carbocycles. The van der Waals surface area contributed by atoms with E-state index in [4.69, 9.17) is 10.9 Å². The van der Waals surface area contributed by atoms with E-state index < -0.39 is 0 Å². The van der Waals surface area contributed by atoms with Crippen molar-refractivity contribution in [3.05, 3.63) is 27.3 Å². The van der Waals surface area contributed by atoms with Crippen molar-refractivity contribution in [1.29, 1.82) is 0 Å². The summed E-state index contributed by atoms with van der Waals surface area (Å²) in [6.07, 6.45) is 0. The van der Waals surface area contributed by atoms with Crippen LogP contribution >= 0.6 is 22.6 Å². The predicted octanol–water partition coefficient (Wildman–Crippen LogP) is 0.960. The summed E-state index contributed by atoms with van der Waals surface area (Å²) < 4.78 is 1.10. The number of halogens is 1. The Morgan fingerprint density at radius 2 is 2.27 bits per heavy atom. The highest BCUT2D eigenvalue weighted by molar-refractivity contribution is 14.1. The van der Waals surface area contributed by atoms with Crippen LogP contribution in [0.3, 0.4) is 0 Å². The SMILES string of the molecule is NNCc1cc(O)ccc1I. The lowest BCUT2D eigenvalue weighted by Crippen LogP contribution is -2.21. The van der Waals surface area contributed by atoms with E-state index in [0.717, 1.165) is 9.13 Å². The van der Waals surface area contributed by atoms with Crippen molar-refractivity contribution in [2.45, 2.75) is 6.54 Å². The summed E-state index contributed by atoms with van der Waals surface area (Å²) in [5.74, 6) is 5.42. The minimum Gasteiger partial charge on any atom is -0.508 e. The third-order valence-corrected chi connectivity index (χ3v) is 2.37. The zero-order chi connectivity index (χ0) is 8.27. The Balaban J connectivity index is 2.93. The van der Waals surface area contributed by atoms with Gasteiger partial charge in [-0.15, -0.1) is 0 Å². The second-order valence-electron chi connectivity index (χ2n) is 2.16. The summed E-state index contributed by atoms with van der Waals surface area (Å²) in [5.41, 5.74) is 3.54. The molecule has 0 bridgehead atoms. The van der Waals surface area contributed by atoms with Crippen LogP contribution in [0.15, 0.2) is 18.2 Å². The number of hydrazine groups is 1. The summed E-state index contributed by atoms with van der Waals surface area (Å²) in [7, 11) is 0. The molecular formula is C7H9IN2O. The van der Waals surface area contributed by atoms with E-state index in [0.29, 0.717) is 6.54 Å². The molecule has 0 unspecified atom stereocenters. The number of hydrogen-bond acceptors (Lipinski definition) is 3. The van der Waals surface area contributed by atoms with Crippen molar-refractivity contribution in [3.63, 3.8) is 0 Å². The molecule has 0 aliphatic heterocycles. The normalized spacial score (nSPS) is 10.0. The molecule has 0 aliphatic rings. The van der Waals surface area contributed by atoms with Gasteiger partial charge in [0.15, 0.2) is 0 Å². The van der Waals surface area contributed by atoms with Gasteiger partial charge in [0.25, 0.3) is 0 Å². The number of phenols is 1. The molecule has 1 aromatic rings. The summed E-state index contributed by atoms with van der Waals surface area (Å²) in [6, 6.07) is 5.20. The molecule has 0 aromatic heterocycles. The predicted molar refractivity (Wildman–Crippen MR) is 51.9 cm³/mol. The smallest absolute Gasteiger partial charge is 0.115 e. The van der Waals surface area contributed by atoms with Gasteiger partial charge in [-0.2, -0.15) is 0 Å². The molecule has 3 nitrogen and oxygen atoms in total. The molecule has 0 atom stereocenters. The molecule has 0 spiro atoms. The van der Waals surface area contributed by atoms with Crippen molar-refractivity contribution in [2.75, 3.05) is 0 Å². The average molecular weight is 264 g/mol. The molecule has 0 amide bonds. The Bertz CT molecular complexity index is 252. The van der Waals surface area contributed by atoms with E-state index >= 15 is 0 Å². The number of aromatic hydroxyl groups is 1. The molecule has 60 valence electrons. The van der Waals surface area contributed by atoms with Gasteiger partial charge in [0.2, 0.25) is 0 Å². The molecule has 4 heteroatoms. The molecule has 0 heterocycles. The van der Waals surface area contributed by atoms with E-state index in [1.165, 1.54) is 0 Å². The number of phenolic OH excluding ortho intramolecular Hbond substituents is 1.